The van der Waals surface area contributed by atoms with E-state index in [1.165, 1.54) is 0 Å². The number of hydrogen-bond acceptors (Lipinski definition) is 3. The summed E-state index contributed by atoms with van der Waals surface area (Å²) in [7, 11) is 0. The molecule has 3 heteroatoms. The first-order chi connectivity index (χ1) is 11.3. The zero-order chi connectivity index (χ0) is 17.8. The fraction of sp³-hybridized carbons (Fsp3) is 0.286. The minimum atomic E-state index is -1.35. The molecule has 0 saturated heterocycles. The maximum atomic E-state index is 13.1. The summed E-state index contributed by atoms with van der Waals surface area (Å²) in [5, 5.41) is 0. The number of carbonyl (C=O) groups excluding carboxylic acids is 1. The van der Waals surface area contributed by atoms with Crippen LogP contribution < -0.4 is 5.73 Å². The highest BCUT2D eigenvalue weighted by Gasteiger charge is 2.45. The van der Waals surface area contributed by atoms with Crippen LogP contribution in [0, 0.1) is 0 Å². The first-order valence-electron chi connectivity index (χ1n) is 8.04. The lowest BCUT2D eigenvalue weighted by atomic mass is 9.75. The van der Waals surface area contributed by atoms with Gasteiger partial charge in [0.2, 0.25) is 0 Å². The molecule has 0 amide bonds. The predicted octanol–water partition coefficient (Wildman–Crippen LogP) is 4.15. The van der Waals surface area contributed by atoms with Gasteiger partial charge in [-0.1, -0.05) is 66.7 Å². The van der Waals surface area contributed by atoms with Gasteiger partial charge in [-0.15, -0.1) is 6.58 Å². The van der Waals surface area contributed by atoms with Crippen LogP contribution in [0.25, 0.3) is 0 Å². The number of ether oxygens (including phenoxy) is 1. The molecule has 2 rings (SSSR count). The topological polar surface area (TPSA) is 52.3 Å². The van der Waals surface area contributed by atoms with E-state index in [1.807, 2.05) is 81.4 Å². The van der Waals surface area contributed by atoms with Crippen LogP contribution in [0.4, 0.5) is 0 Å². The molecule has 0 aliphatic rings. The Labute approximate surface area is 144 Å². The van der Waals surface area contributed by atoms with Crippen molar-refractivity contribution < 1.29 is 9.53 Å². The minimum Gasteiger partial charge on any atom is -0.458 e. The monoisotopic (exact) mass is 323 g/mol. The van der Waals surface area contributed by atoms with E-state index in [0.717, 1.165) is 5.56 Å². The quantitative estimate of drug-likeness (QED) is 0.664. The lowest BCUT2D eigenvalue weighted by Crippen LogP contribution is -2.52. The van der Waals surface area contributed by atoms with Crippen LogP contribution in [0.2, 0.25) is 0 Å². The number of benzene rings is 2. The highest BCUT2D eigenvalue weighted by Crippen LogP contribution is 2.37. The van der Waals surface area contributed by atoms with Crippen molar-refractivity contribution in [2.24, 2.45) is 5.73 Å². The van der Waals surface area contributed by atoms with Gasteiger partial charge in [0.1, 0.15) is 5.60 Å². The van der Waals surface area contributed by atoms with Gasteiger partial charge in [-0.3, -0.25) is 0 Å². The van der Waals surface area contributed by atoms with Crippen molar-refractivity contribution >= 4 is 5.97 Å². The van der Waals surface area contributed by atoms with Crippen LogP contribution in [0.15, 0.2) is 73.3 Å². The van der Waals surface area contributed by atoms with E-state index in [4.69, 9.17) is 10.5 Å². The fourth-order valence-corrected chi connectivity index (χ4v) is 2.75. The fourth-order valence-electron chi connectivity index (χ4n) is 2.75. The summed E-state index contributed by atoms with van der Waals surface area (Å²) in [6, 6.07) is 19.0. The molecule has 0 spiro atoms. The summed E-state index contributed by atoms with van der Waals surface area (Å²) in [6.07, 6.45) is 1.71. The van der Waals surface area contributed by atoms with Gasteiger partial charge in [0.05, 0.1) is 0 Å². The summed E-state index contributed by atoms with van der Waals surface area (Å²) in [6.45, 7) is 9.43. The molecule has 24 heavy (non-hydrogen) atoms. The minimum absolute atomic E-state index is 0.407. The van der Waals surface area contributed by atoms with E-state index in [9.17, 15) is 4.79 Å². The highest BCUT2D eigenvalue weighted by molar-refractivity contribution is 5.84. The summed E-state index contributed by atoms with van der Waals surface area (Å²) >= 11 is 0. The molecular formula is C21H25NO2. The summed E-state index contributed by atoms with van der Waals surface area (Å²) in [4.78, 5) is 13.1. The Balaban J connectivity index is 2.58. The van der Waals surface area contributed by atoms with E-state index in [1.54, 1.807) is 6.08 Å². The van der Waals surface area contributed by atoms with Gasteiger partial charge in [0, 0.05) is 5.92 Å². The Morgan fingerprint density at radius 1 is 1.04 bits per heavy atom. The number of esters is 1. The van der Waals surface area contributed by atoms with Gasteiger partial charge in [-0.25, -0.2) is 4.79 Å². The van der Waals surface area contributed by atoms with Gasteiger partial charge in [0.25, 0.3) is 0 Å². The molecule has 0 saturated carbocycles. The smallest absolute Gasteiger partial charge is 0.332 e. The lowest BCUT2D eigenvalue weighted by Gasteiger charge is -2.36. The molecule has 0 radical (unpaired) electrons. The van der Waals surface area contributed by atoms with Gasteiger partial charge in [-0.2, -0.15) is 0 Å². The molecule has 2 atom stereocenters. The molecular weight excluding hydrogens is 298 g/mol. The summed E-state index contributed by atoms with van der Waals surface area (Å²) in [5.74, 6) is -0.870. The maximum absolute atomic E-state index is 13.1. The lowest BCUT2D eigenvalue weighted by molar-refractivity contribution is -0.162. The van der Waals surface area contributed by atoms with E-state index < -0.39 is 23.0 Å². The molecule has 0 heterocycles. The van der Waals surface area contributed by atoms with Crippen molar-refractivity contribution in [3.63, 3.8) is 0 Å². The van der Waals surface area contributed by atoms with Crippen LogP contribution in [0.1, 0.15) is 37.8 Å². The Bertz CT molecular complexity index is 689. The Morgan fingerprint density at radius 2 is 1.54 bits per heavy atom. The highest BCUT2D eigenvalue weighted by atomic mass is 16.6. The molecule has 2 N–H and O–H groups in total. The molecule has 0 aliphatic carbocycles. The van der Waals surface area contributed by atoms with Crippen LogP contribution in [0.5, 0.6) is 0 Å². The first kappa shape index (κ1) is 18.0. The number of hydrogen-bond donors (Lipinski definition) is 1. The molecule has 0 aliphatic heterocycles. The van der Waals surface area contributed by atoms with E-state index in [0.29, 0.717) is 5.56 Å². The second-order valence-electron chi connectivity index (χ2n) is 6.86. The van der Waals surface area contributed by atoms with Gasteiger partial charge >= 0.3 is 5.97 Å². The van der Waals surface area contributed by atoms with Crippen molar-refractivity contribution in [1.29, 1.82) is 0 Å². The summed E-state index contributed by atoms with van der Waals surface area (Å²) < 4.78 is 5.65. The van der Waals surface area contributed by atoms with Crippen molar-refractivity contribution in [1.82, 2.24) is 0 Å². The largest absolute Gasteiger partial charge is 0.458 e. The molecule has 2 aromatic rings. The molecule has 0 fully saturated rings. The third kappa shape index (κ3) is 3.74. The van der Waals surface area contributed by atoms with Crippen molar-refractivity contribution in [2.75, 3.05) is 0 Å². The van der Waals surface area contributed by atoms with Crippen LogP contribution in [-0.2, 0) is 15.1 Å². The molecule has 0 aromatic heterocycles. The summed E-state index contributed by atoms with van der Waals surface area (Å²) in [5.41, 5.74) is 6.36. The standard InChI is InChI=1S/C21H25NO2/c1-5-18(16-12-8-6-9-13-16)21(22,17-14-10-7-11-15-17)19(23)24-20(2,3)4/h5-15,18H,1,22H2,2-4H3/t18-,21+/m0/s1. The maximum Gasteiger partial charge on any atom is 0.332 e. The van der Waals surface area contributed by atoms with Crippen molar-refractivity contribution in [3.05, 3.63) is 84.4 Å². The van der Waals surface area contributed by atoms with E-state index in [2.05, 4.69) is 6.58 Å². The van der Waals surface area contributed by atoms with Crippen LogP contribution in [0.3, 0.4) is 0 Å². The third-order valence-electron chi connectivity index (χ3n) is 3.87. The Hall–Kier alpha value is -2.39. The second-order valence-corrected chi connectivity index (χ2v) is 6.86. The first-order valence-corrected chi connectivity index (χ1v) is 8.04. The van der Waals surface area contributed by atoms with E-state index in [-0.39, 0.29) is 0 Å². The number of carbonyl (C=O) groups is 1. The molecule has 0 unspecified atom stereocenters. The van der Waals surface area contributed by atoms with E-state index >= 15 is 0 Å². The molecule has 3 nitrogen and oxygen atoms in total. The molecule has 0 bridgehead atoms. The van der Waals surface area contributed by atoms with Gasteiger partial charge in [-0.05, 0) is 31.9 Å². The van der Waals surface area contributed by atoms with Gasteiger partial charge in [0.15, 0.2) is 5.54 Å². The average Bonchev–Trinajstić information content (AvgIpc) is 2.55. The SMILES string of the molecule is C=C[C@@H](c1ccccc1)[C@@](N)(C(=O)OC(C)(C)C)c1ccccc1. The average molecular weight is 323 g/mol. The zero-order valence-electron chi connectivity index (χ0n) is 14.5. The molecule has 126 valence electrons. The van der Waals surface area contributed by atoms with Crippen LogP contribution >= 0.6 is 0 Å². The third-order valence-corrected chi connectivity index (χ3v) is 3.87. The van der Waals surface area contributed by atoms with Crippen LogP contribution in [-0.4, -0.2) is 11.6 Å². The number of nitrogens with two attached hydrogens (primary N) is 1. The molecule has 2 aromatic carbocycles. The second kappa shape index (κ2) is 7.02. The predicted molar refractivity (Wildman–Crippen MR) is 97.5 cm³/mol. The Kier molecular flexibility index (Phi) is 5.25. The normalized spacial score (nSPS) is 15.2. The van der Waals surface area contributed by atoms with Crippen molar-refractivity contribution in [2.45, 2.75) is 37.8 Å². The Morgan fingerprint density at radius 3 is 2.00 bits per heavy atom. The van der Waals surface area contributed by atoms with Crippen molar-refractivity contribution in [3.8, 4) is 0 Å². The van der Waals surface area contributed by atoms with Gasteiger partial charge < -0.3 is 10.5 Å². The number of rotatable bonds is 5. The zero-order valence-corrected chi connectivity index (χ0v) is 14.5.